The number of fused-ring (bicyclic) bond motifs is 1. The Morgan fingerprint density at radius 3 is 2.52 bits per heavy atom. The second kappa shape index (κ2) is 7.89. The first kappa shape index (κ1) is 19.7. The van der Waals surface area contributed by atoms with Crippen LogP contribution in [-0.4, -0.2) is 54.0 Å². The van der Waals surface area contributed by atoms with Crippen molar-refractivity contribution >= 4 is 23.2 Å². The van der Waals surface area contributed by atoms with Gasteiger partial charge in [-0.3, -0.25) is 14.5 Å². The van der Waals surface area contributed by atoms with E-state index in [2.05, 4.69) is 29.4 Å². The van der Waals surface area contributed by atoms with Gasteiger partial charge < -0.3 is 15.5 Å². The zero-order chi connectivity index (χ0) is 19.6. The number of benzene rings is 1. The van der Waals surface area contributed by atoms with Gasteiger partial charge >= 0.3 is 0 Å². The number of anilines is 2. The number of rotatable bonds is 5. The van der Waals surface area contributed by atoms with Gasteiger partial charge in [0, 0.05) is 25.7 Å². The number of hydrogen-bond acceptors (Lipinski definition) is 4. The molecule has 2 N–H and O–H groups in total. The zero-order valence-electron chi connectivity index (χ0n) is 16.9. The van der Waals surface area contributed by atoms with Crippen molar-refractivity contribution in [1.82, 2.24) is 10.2 Å². The largest absolute Gasteiger partial charge is 0.369 e. The summed E-state index contributed by atoms with van der Waals surface area (Å²) >= 11 is 0. The van der Waals surface area contributed by atoms with E-state index in [0.29, 0.717) is 12.6 Å². The number of hydrogen-bond donors (Lipinski definition) is 2. The van der Waals surface area contributed by atoms with Crippen LogP contribution < -0.4 is 15.5 Å². The van der Waals surface area contributed by atoms with Crippen LogP contribution in [-0.2, 0) is 9.59 Å². The van der Waals surface area contributed by atoms with Crippen LogP contribution in [0.5, 0.6) is 0 Å². The van der Waals surface area contributed by atoms with Crippen molar-refractivity contribution in [2.24, 2.45) is 0 Å². The normalized spacial score (nSPS) is 21.3. The zero-order valence-corrected chi connectivity index (χ0v) is 16.9. The number of nitrogens with zero attached hydrogens (tertiary/aromatic N) is 2. The first-order valence-corrected chi connectivity index (χ1v) is 10.2. The molecule has 0 aliphatic carbocycles. The summed E-state index contributed by atoms with van der Waals surface area (Å²) in [6, 6.07) is 7.79. The van der Waals surface area contributed by atoms with Crippen molar-refractivity contribution < 1.29 is 9.59 Å². The van der Waals surface area contributed by atoms with Crippen LogP contribution in [0.3, 0.4) is 0 Å². The summed E-state index contributed by atoms with van der Waals surface area (Å²) in [6.07, 6.45) is 2.61. The molecule has 6 nitrogen and oxygen atoms in total. The second-order valence-corrected chi connectivity index (χ2v) is 7.76. The molecule has 2 atom stereocenters. The quantitative estimate of drug-likeness (QED) is 0.834. The fourth-order valence-corrected chi connectivity index (χ4v) is 4.21. The van der Waals surface area contributed by atoms with E-state index in [1.54, 1.807) is 4.90 Å². The molecule has 1 aromatic carbocycles. The van der Waals surface area contributed by atoms with Crippen molar-refractivity contribution in [2.45, 2.75) is 64.6 Å². The minimum atomic E-state index is -0.626. The van der Waals surface area contributed by atoms with E-state index in [1.807, 2.05) is 38.1 Å². The van der Waals surface area contributed by atoms with Crippen molar-refractivity contribution in [2.75, 3.05) is 29.9 Å². The molecule has 1 fully saturated rings. The minimum Gasteiger partial charge on any atom is -0.369 e. The predicted octanol–water partition coefficient (Wildman–Crippen LogP) is 2.60. The highest BCUT2D eigenvalue weighted by molar-refractivity contribution is 6.11. The maximum Gasteiger partial charge on any atom is 0.253 e. The van der Waals surface area contributed by atoms with Gasteiger partial charge in [-0.25, -0.2) is 0 Å². The summed E-state index contributed by atoms with van der Waals surface area (Å²) in [5, 5.41) is 6.40. The molecular formula is C21H32N4O2. The first-order chi connectivity index (χ1) is 12.9. The van der Waals surface area contributed by atoms with E-state index in [-0.39, 0.29) is 11.8 Å². The molecule has 2 aliphatic heterocycles. The molecule has 148 valence electrons. The number of piperidine rings is 1. The van der Waals surface area contributed by atoms with Gasteiger partial charge in [-0.2, -0.15) is 0 Å². The predicted molar refractivity (Wildman–Crippen MR) is 109 cm³/mol. The molecule has 2 heterocycles. The average molecular weight is 373 g/mol. The molecule has 2 aliphatic rings. The molecule has 1 spiro atoms. The van der Waals surface area contributed by atoms with Gasteiger partial charge in [0.1, 0.15) is 11.6 Å². The Bertz CT molecular complexity index is 697. The first-order valence-electron chi connectivity index (χ1n) is 10.2. The summed E-state index contributed by atoms with van der Waals surface area (Å²) < 4.78 is 0. The number of amides is 2. The average Bonchev–Trinajstić information content (AvgIpc) is 2.69. The highest BCUT2D eigenvalue weighted by atomic mass is 16.2. The fraction of sp³-hybridized carbons (Fsp3) is 0.619. The van der Waals surface area contributed by atoms with Crippen LogP contribution >= 0.6 is 0 Å². The van der Waals surface area contributed by atoms with Crippen molar-refractivity contribution in [1.29, 1.82) is 0 Å². The monoisotopic (exact) mass is 372 g/mol. The summed E-state index contributed by atoms with van der Waals surface area (Å²) in [5.41, 5.74) is 1.10. The van der Waals surface area contributed by atoms with Crippen LogP contribution in [0, 0.1) is 0 Å². The third-order valence-corrected chi connectivity index (χ3v) is 6.15. The van der Waals surface area contributed by atoms with E-state index in [0.717, 1.165) is 43.7 Å². The van der Waals surface area contributed by atoms with Crippen molar-refractivity contribution in [3.63, 3.8) is 0 Å². The van der Waals surface area contributed by atoms with Gasteiger partial charge in [0.15, 0.2) is 0 Å². The van der Waals surface area contributed by atoms with Gasteiger partial charge in [0.2, 0.25) is 5.91 Å². The summed E-state index contributed by atoms with van der Waals surface area (Å²) in [7, 11) is 0. The maximum absolute atomic E-state index is 13.6. The maximum atomic E-state index is 13.6. The summed E-state index contributed by atoms with van der Waals surface area (Å²) in [6.45, 7) is 10.5. The number of likely N-dealkylation sites (tertiary alicyclic amines) is 1. The molecule has 6 heteroatoms. The third-order valence-electron chi connectivity index (χ3n) is 6.15. The van der Waals surface area contributed by atoms with Gasteiger partial charge in [-0.05, 0) is 52.2 Å². The lowest BCUT2D eigenvalue weighted by Gasteiger charge is -2.49. The van der Waals surface area contributed by atoms with Gasteiger partial charge in [-0.15, -0.1) is 0 Å². The Morgan fingerprint density at radius 1 is 1.22 bits per heavy atom. The lowest BCUT2D eigenvalue weighted by Crippen LogP contribution is -2.65. The van der Waals surface area contributed by atoms with E-state index < -0.39 is 11.6 Å². The van der Waals surface area contributed by atoms with Gasteiger partial charge in [-0.1, -0.05) is 19.1 Å². The highest BCUT2D eigenvalue weighted by Crippen LogP contribution is 2.41. The van der Waals surface area contributed by atoms with Crippen LogP contribution in [0.4, 0.5) is 11.4 Å². The second-order valence-electron chi connectivity index (χ2n) is 7.76. The standard InChI is InChI=1S/C21H32N4O2/c1-5-15(3)24-13-11-21(12-14-24)20(27)25(16(4)19(26)22-6-2)18-10-8-7-9-17(18)23-21/h7-10,15-16,23H,5-6,11-14H2,1-4H3,(H,22,26)/t15-,16-/m1/s1. The highest BCUT2D eigenvalue weighted by Gasteiger charge is 2.49. The number of carbonyl (C=O) groups excluding carboxylic acids is 2. The molecule has 3 rings (SSSR count). The Hall–Kier alpha value is -2.08. The molecule has 0 bridgehead atoms. The summed E-state index contributed by atoms with van der Waals surface area (Å²) in [5.74, 6) is -0.0986. The molecule has 2 amide bonds. The van der Waals surface area contributed by atoms with Gasteiger partial charge in [0.25, 0.3) is 5.91 Å². The fourth-order valence-electron chi connectivity index (χ4n) is 4.21. The van der Waals surface area contributed by atoms with E-state index in [4.69, 9.17) is 0 Å². The van der Waals surface area contributed by atoms with Crippen LogP contribution in [0.2, 0.25) is 0 Å². The molecule has 0 radical (unpaired) electrons. The Labute approximate surface area is 162 Å². The SMILES string of the molecule is CCNC(=O)[C@@H](C)N1C(=O)C2(CCN([C@H](C)CC)CC2)Nc2ccccc21. The topological polar surface area (TPSA) is 64.7 Å². The number of nitrogens with one attached hydrogen (secondary N) is 2. The molecule has 27 heavy (non-hydrogen) atoms. The van der Waals surface area contributed by atoms with Gasteiger partial charge in [0.05, 0.1) is 11.4 Å². The van der Waals surface area contributed by atoms with E-state index >= 15 is 0 Å². The molecule has 1 saturated heterocycles. The van der Waals surface area contributed by atoms with E-state index in [1.165, 1.54) is 0 Å². The van der Waals surface area contributed by atoms with Crippen LogP contribution in [0.1, 0.15) is 47.0 Å². The lowest BCUT2D eigenvalue weighted by molar-refractivity contribution is -0.129. The van der Waals surface area contributed by atoms with Crippen LogP contribution in [0.25, 0.3) is 0 Å². The number of carbonyl (C=O) groups is 2. The molecule has 1 aromatic rings. The Morgan fingerprint density at radius 2 is 1.89 bits per heavy atom. The Kier molecular flexibility index (Phi) is 5.75. The summed E-state index contributed by atoms with van der Waals surface area (Å²) in [4.78, 5) is 30.3. The third kappa shape index (κ3) is 3.55. The van der Waals surface area contributed by atoms with Crippen LogP contribution in [0.15, 0.2) is 24.3 Å². The number of likely N-dealkylation sites (N-methyl/N-ethyl adjacent to an activating group) is 1. The molecule has 0 aromatic heterocycles. The molecule has 0 unspecified atom stereocenters. The van der Waals surface area contributed by atoms with E-state index in [9.17, 15) is 9.59 Å². The smallest absolute Gasteiger partial charge is 0.253 e. The van der Waals surface area contributed by atoms with Crippen molar-refractivity contribution in [3.05, 3.63) is 24.3 Å². The number of para-hydroxylation sites is 2. The lowest BCUT2D eigenvalue weighted by atomic mass is 9.82. The molecule has 0 saturated carbocycles. The molecular weight excluding hydrogens is 340 g/mol. The van der Waals surface area contributed by atoms with Crippen molar-refractivity contribution in [3.8, 4) is 0 Å². The Balaban J connectivity index is 1.91. The minimum absolute atomic E-state index is 0.0174.